The minimum Gasteiger partial charge on any atom is -0.372 e. The molecule has 1 heterocycles. The summed E-state index contributed by atoms with van der Waals surface area (Å²) in [5, 5.41) is 3.37. The summed E-state index contributed by atoms with van der Waals surface area (Å²) in [6.07, 6.45) is 2.82. The predicted octanol–water partition coefficient (Wildman–Crippen LogP) is 2.57. The SMILES string of the molecule is Cc1ccc(C)c(CO[C@H]2CCCNC2)c1. The zero-order chi connectivity index (χ0) is 11.4. The molecule has 16 heavy (non-hydrogen) atoms. The van der Waals surface area contributed by atoms with Crippen LogP contribution < -0.4 is 5.32 Å². The molecule has 0 spiro atoms. The Balaban J connectivity index is 1.90. The summed E-state index contributed by atoms with van der Waals surface area (Å²) in [6, 6.07) is 6.56. The molecule has 0 unspecified atom stereocenters. The maximum absolute atomic E-state index is 5.94. The van der Waals surface area contributed by atoms with Crippen molar-refractivity contribution in [2.24, 2.45) is 0 Å². The highest BCUT2D eigenvalue weighted by molar-refractivity contribution is 5.29. The van der Waals surface area contributed by atoms with Crippen molar-refractivity contribution in [1.82, 2.24) is 5.32 Å². The minimum atomic E-state index is 0.397. The third kappa shape index (κ3) is 3.06. The lowest BCUT2D eigenvalue weighted by atomic mass is 10.1. The van der Waals surface area contributed by atoms with Crippen LogP contribution in [-0.4, -0.2) is 19.2 Å². The second kappa shape index (κ2) is 5.46. The van der Waals surface area contributed by atoms with Gasteiger partial charge in [-0.2, -0.15) is 0 Å². The fraction of sp³-hybridized carbons (Fsp3) is 0.571. The topological polar surface area (TPSA) is 21.3 Å². The van der Waals surface area contributed by atoms with Crippen molar-refractivity contribution in [1.29, 1.82) is 0 Å². The van der Waals surface area contributed by atoms with Gasteiger partial charge in [-0.1, -0.05) is 23.8 Å². The fourth-order valence-electron chi connectivity index (χ4n) is 2.13. The third-order valence-electron chi connectivity index (χ3n) is 3.23. The molecule has 0 saturated carbocycles. The predicted molar refractivity (Wildman–Crippen MR) is 66.6 cm³/mol. The van der Waals surface area contributed by atoms with Gasteiger partial charge in [0, 0.05) is 6.54 Å². The van der Waals surface area contributed by atoms with E-state index in [0.29, 0.717) is 6.10 Å². The lowest BCUT2D eigenvalue weighted by molar-refractivity contribution is 0.0250. The van der Waals surface area contributed by atoms with E-state index in [2.05, 4.69) is 37.4 Å². The molecule has 0 radical (unpaired) electrons. The first kappa shape index (κ1) is 11.6. The van der Waals surface area contributed by atoms with E-state index in [1.165, 1.54) is 29.5 Å². The lowest BCUT2D eigenvalue weighted by Crippen LogP contribution is -2.35. The normalized spacial score (nSPS) is 21.0. The molecule has 1 aromatic rings. The molecule has 1 fully saturated rings. The van der Waals surface area contributed by atoms with Crippen LogP contribution in [0, 0.1) is 13.8 Å². The van der Waals surface area contributed by atoms with Gasteiger partial charge in [0.15, 0.2) is 0 Å². The molecule has 1 atom stereocenters. The van der Waals surface area contributed by atoms with Crippen molar-refractivity contribution in [2.75, 3.05) is 13.1 Å². The van der Waals surface area contributed by atoms with Gasteiger partial charge in [-0.15, -0.1) is 0 Å². The maximum atomic E-state index is 5.94. The standard InChI is InChI=1S/C14H21NO/c1-11-5-6-12(2)13(8-11)10-16-14-4-3-7-15-9-14/h5-6,8,14-15H,3-4,7,9-10H2,1-2H3/t14-/m0/s1. The monoisotopic (exact) mass is 219 g/mol. The van der Waals surface area contributed by atoms with Crippen LogP contribution in [0.4, 0.5) is 0 Å². The molecule has 2 rings (SSSR count). The van der Waals surface area contributed by atoms with Gasteiger partial charge < -0.3 is 10.1 Å². The molecule has 1 aliphatic rings. The highest BCUT2D eigenvalue weighted by Crippen LogP contribution is 2.14. The Hall–Kier alpha value is -0.860. The summed E-state index contributed by atoms with van der Waals surface area (Å²) in [4.78, 5) is 0. The first-order valence-corrected chi connectivity index (χ1v) is 6.14. The van der Waals surface area contributed by atoms with E-state index in [9.17, 15) is 0 Å². The van der Waals surface area contributed by atoms with E-state index in [4.69, 9.17) is 4.74 Å². The summed E-state index contributed by atoms with van der Waals surface area (Å²) in [6.45, 7) is 7.18. The number of aryl methyl sites for hydroxylation is 2. The second-order valence-corrected chi connectivity index (χ2v) is 4.71. The van der Waals surface area contributed by atoms with Gasteiger partial charge in [-0.3, -0.25) is 0 Å². The van der Waals surface area contributed by atoms with Crippen LogP contribution in [0.1, 0.15) is 29.5 Å². The molecule has 0 amide bonds. The molecule has 1 aromatic carbocycles. The van der Waals surface area contributed by atoms with Crippen molar-refractivity contribution in [3.05, 3.63) is 34.9 Å². The van der Waals surface area contributed by atoms with Crippen LogP contribution >= 0.6 is 0 Å². The molecule has 1 saturated heterocycles. The number of hydrogen-bond donors (Lipinski definition) is 1. The lowest BCUT2D eigenvalue weighted by Gasteiger charge is -2.23. The van der Waals surface area contributed by atoms with Crippen LogP contribution in [-0.2, 0) is 11.3 Å². The molecular formula is C14H21NO. The third-order valence-corrected chi connectivity index (χ3v) is 3.23. The van der Waals surface area contributed by atoms with Crippen LogP contribution in [0.3, 0.4) is 0 Å². The van der Waals surface area contributed by atoms with Gasteiger partial charge in [-0.05, 0) is 44.4 Å². The van der Waals surface area contributed by atoms with Gasteiger partial charge in [0.1, 0.15) is 0 Å². The number of rotatable bonds is 3. The largest absolute Gasteiger partial charge is 0.372 e. The highest BCUT2D eigenvalue weighted by atomic mass is 16.5. The molecule has 1 aliphatic heterocycles. The minimum absolute atomic E-state index is 0.397. The first-order chi connectivity index (χ1) is 7.75. The number of nitrogens with one attached hydrogen (secondary N) is 1. The highest BCUT2D eigenvalue weighted by Gasteiger charge is 2.13. The summed E-state index contributed by atoms with van der Waals surface area (Å²) in [5.74, 6) is 0. The van der Waals surface area contributed by atoms with Crippen LogP contribution in [0.15, 0.2) is 18.2 Å². The van der Waals surface area contributed by atoms with E-state index in [1.54, 1.807) is 0 Å². The average Bonchev–Trinajstić information content (AvgIpc) is 2.32. The van der Waals surface area contributed by atoms with Crippen molar-refractivity contribution in [3.63, 3.8) is 0 Å². The Labute approximate surface area is 98.0 Å². The fourth-order valence-corrected chi connectivity index (χ4v) is 2.13. The first-order valence-electron chi connectivity index (χ1n) is 6.14. The average molecular weight is 219 g/mol. The van der Waals surface area contributed by atoms with E-state index in [0.717, 1.165) is 19.7 Å². The molecule has 0 aromatic heterocycles. The van der Waals surface area contributed by atoms with Crippen LogP contribution in [0.25, 0.3) is 0 Å². The molecule has 2 heteroatoms. The van der Waals surface area contributed by atoms with Crippen molar-refractivity contribution in [2.45, 2.75) is 39.4 Å². The number of benzene rings is 1. The second-order valence-electron chi connectivity index (χ2n) is 4.71. The van der Waals surface area contributed by atoms with E-state index >= 15 is 0 Å². The zero-order valence-corrected chi connectivity index (χ0v) is 10.3. The summed E-state index contributed by atoms with van der Waals surface area (Å²) in [7, 11) is 0. The summed E-state index contributed by atoms with van der Waals surface area (Å²) >= 11 is 0. The molecule has 1 N–H and O–H groups in total. The molecule has 88 valence electrons. The summed E-state index contributed by atoms with van der Waals surface area (Å²) in [5.41, 5.74) is 3.96. The van der Waals surface area contributed by atoms with Crippen molar-refractivity contribution < 1.29 is 4.74 Å². The quantitative estimate of drug-likeness (QED) is 0.843. The summed E-state index contributed by atoms with van der Waals surface area (Å²) < 4.78 is 5.94. The van der Waals surface area contributed by atoms with Crippen molar-refractivity contribution in [3.8, 4) is 0 Å². The zero-order valence-electron chi connectivity index (χ0n) is 10.3. The molecular weight excluding hydrogens is 198 g/mol. The van der Waals surface area contributed by atoms with Crippen LogP contribution in [0.2, 0.25) is 0 Å². The molecule has 0 aliphatic carbocycles. The van der Waals surface area contributed by atoms with Gasteiger partial charge in [0.05, 0.1) is 12.7 Å². The number of piperidine rings is 1. The van der Waals surface area contributed by atoms with Crippen LogP contribution in [0.5, 0.6) is 0 Å². The van der Waals surface area contributed by atoms with Gasteiger partial charge >= 0.3 is 0 Å². The van der Waals surface area contributed by atoms with E-state index < -0.39 is 0 Å². The van der Waals surface area contributed by atoms with E-state index in [-0.39, 0.29) is 0 Å². The smallest absolute Gasteiger partial charge is 0.0723 e. The van der Waals surface area contributed by atoms with Gasteiger partial charge in [0.25, 0.3) is 0 Å². The van der Waals surface area contributed by atoms with Gasteiger partial charge in [-0.25, -0.2) is 0 Å². The Kier molecular flexibility index (Phi) is 3.97. The van der Waals surface area contributed by atoms with Crippen molar-refractivity contribution >= 4 is 0 Å². The Morgan fingerprint density at radius 1 is 1.38 bits per heavy atom. The van der Waals surface area contributed by atoms with E-state index in [1.807, 2.05) is 0 Å². The Morgan fingerprint density at radius 2 is 2.25 bits per heavy atom. The maximum Gasteiger partial charge on any atom is 0.0723 e. The molecule has 0 bridgehead atoms. The molecule has 2 nitrogen and oxygen atoms in total. The Bertz CT molecular complexity index is 343. The van der Waals surface area contributed by atoms with Gasteiger partial charge in [0.2, 0.25) is 0 Å². The number of ether oxygens (including phenoxy) is 1. The Morgan fingerprint density at radius 3 is 3.00 bits per heavy atom. The number of hydrogen-bond acceptors (Lipinski definition) is 2.